The maximum atomic E-state index is 12.7. The summed E-state index contributed by atoms with van der Waals surface area (Å²) in [5.74, 6) is 0.956. The van der Waals surface area contributed by atoms with Gasteiger partial charge in [-0.1, -0.05) is 24.3 Å². The van der Waals surface area contributed by atoms with E-state index in [1.807, 2.05) is 11.9 Å². The number of halogens is 1. The maximum Gasteiger partial charge on any atom is 0.229 e. The Morgan fingerprint density at radius 2 is 2.10 bits per heavy atom. The molecule has 2 aliphatic carbocycles. The third kappa shape index (κ3) is 2.71. The van der Waals surface area contributed by atoms with Crippen LogP contribution in [-0.4, -0.2) is 29.8 Å². The number of carbonyl (C=O) groups is 1. The van der Waals surface area contributed by atoms with E-state index in [4.69, 9.17) is 11.6 Å². The van der Waals surface area contributed by atoms with Crippen LogP contribution in [-0.2, 0) is 11.2 Å². The molecule has 1 aromatic carbocycles. The van der Waals surface area contributed by atoms with Gasteiger partial charge in [0.2, 0.25) is 5.91 Å². The second-order valence-corrected chi connectivity index (χ2v) is 6.91. The van der Waals surface area contributed by atoms with Crippen LogP contribution in [0.25, 0.3) is 0 Å². The van der Waals surface area contributed by atoms with Gasteiger partial charge in [-0.15, -0.1) is 11.6 Å². The van der Waals surface area contributed by atoms with Crippen molar-refractivity contribution in [2.45, 2.75) is 43.4 Å². The first kappa shape index (κ1) is 13.9. The summed E-state index contributed by atoms with van der Waals surface area (Å²) in [5.41, 5.74) is 2.61. The smallest absolute Gasteiger partial charge is 0.229 e. The van der Waals surface area contributed by atoms with Gasteiger partial charge in [0.05, 0.1) is 5.92 Å². The van der Waals surface area contributed by atoms with Gasteiger partial charge in [0.1, 0.15) is 0 Å². The molecule has 20 heavy (non-hydrogen) atoms. The highest BCUT2D eigenvalue weighted by molar-refractivity contribution is 6.21. The van der Waals surface area contributed by atoms with Crippen molar-refractivity contribution in [3.63, 3.8) is 0 Å². The molecule has 108 valence electrons. The normalized spacial score (nSPS) is 28.4. The molecule has 2 aliphatic rings. The zero-order valence-electron chi connectivity index (χ0n) is 12.0. The molecule has 2 nitrogen and oxygen atoms in total. The average Bonchev–Trinajstić information content (AvgIpc) is 2.44. The molecule has 1 aromatic rings. The summed E-state index contributed by atoms with van der Waals surface area (Å²) >= 11 is 6.02. The van der Waals surface area contributed by atoms with Crippen molar-refractivity contribution in [1.29, 1.82) is 0 Å². The number of nitrogens with zero attached hydrogens (tertiary/aromatic N) is 1. The number of rotatable bonds is 3. The Kier molecular flexibility index (Phi) is 4.02. The topological polar surface area (TPSA) is 20.3 Å². The number of hydrogen-bond donors (Lipinski definition) is 0. The van der Waals surface area contributed by atoms with Crippen LogP contribution in [0.15, 0.2) is 24.3 Å². The van der Waals surface area contributed by atoms with E-state index in [2.05, 4.69) is 24.3 Å². The minimum absolute atomic E-state index is 0.0665. The van der Waals surface area contributed by atoms with Crippen molar-refractivity contribution in [3.8, 4) is 0 Å². The van der Waals surface area contributed by atoms with Crippen LogP contribution in [0, 0.1) is 5.92 Å². The molecule has 1 saturated carbocycles. The number of carbonyl (C=O) groups excluding carboxylic acids is 1. The van der Waals surface area contributed by atoms with E-state index in [1.54, 1.807) is 0 Å². The predicted molar refractivity (Wildman–Crippen MR) is 82.1 cm³/mol. The Morgan fingerprint density at radius 3 is 2.85 bits per heavy atom. The van der Waals surface area contributed by atoms with Crippen molar-refractivity contribution in [1.82, 2.24) is 4.90 Å². The predicted octanol–water partition coefficient (Wildman–Crippen LogP) is 3.58. The SMILES string of the molecule is CN(CC1CC(Cl)C1)C(=O)C1CCCc2ccccc21. The minimum Gasteiger partial charge on any atom is -0.345 e. The lowest BCUT2D eigenvalue weighted by Crippen LogP contribution is -2.40. The molecule has 0 saturated heterocycles. The highest BCUT2D eigenvalue weighted by Crippen LogP contribution is 2.35. The summed E-state index contributed by atoms with van der Waals surface area (Å²) in [4.78, 5) is 14.6. The largest absolute Gasteiger partial charge is 0.345 e. The molecule has 3 rings (SSSR count). The van der Waals surface area contributed by atoms with Gasteiger partial charge in [-0.05, 0) is 49.1 Å². The second-order valence-electron chi connectivity index (χ2n) is 6.30. The standard InChI is InChI=1S/C17H22ClNO/c1-19(11-12-9-14(18)10-12)17(20)16-8-4-6-13-5-2-3-7-15(13)16/h2-3,5,7,12,14,16H,4,6,8-11H2,1H3. The molecular formula is C17H22ClNO. The van der Waals surface area contributed by atoms with Crippen molar-refractivity contribution < 1.29 is 4.79 Å². The lowest BCUT2D eigenvalue weighted by atomic mass is 9.81. The van der Waals surface area contributed by atoms with Gasteiger partial charge in [0.15, 0.2) is 0 Å². The molecule has 0 aromatic heterocycles. The summed E-state index contributed by atoms with van der Waals surface area (Å²) in [6, 6.07) is 8.42. The molecule has 0 spiro atoms. The van der Waals surface area contributed by atoms with Crippen LogP contribution in [0.1, 0.15) is 42.7 Å². The number of hydrogen-bond acceptors (Lipinski definition) is 1. The zero-order chi connectivity index (χ0) is 14.1. The molecule has 0 N–H and O–H groups in total. The van der Waals surface area contributed by atoms with E-state index in [1.165, 1.54) is 11.1 Å². The van der Waals surface area contributed by atoms with Crippen LogP contribution in [0.2, 0.25) is 0 Å². The number of benzene rings is 1. The number of likely N-dealkylation sites (N-methyl/N-ethyl adjacent to an activating group) is 1. The van der Waals surface area contributed by atoms with Gasteiger partial charge in [0, 0.05) is 19.0 Å². The highest BCUT2D eigenvalue weighted by Gasteiger charge is 2.32. The number of amides is 1. The Balaban J connectivity index is 1.68. The fourth-order valence-corrected chi connectivity index (χ4v) is 4.06. The summed E-state index contributed by atoms with van der Waals surface area (Å²) in [6.07, 6.45) is 5.33. The zero-order valence-corrected chi connectivity index (χ0v) is 12.8. The monoisotopic (exact) mass is 291 g/mol. The minimum atomic E-state index is 0.0665. The number of fused-ring (bicyclic) bond motifs is 1. The molecule has 1 amide bonds. The Bertz CT molecular complexity index is 496. The molecule has 1 fully saturated rings. The number of alkyl halides is 1. The summed E-state index contributed by atoms with van der Waals surface area (Å²) in [6.45, 7) is 0.862. The summed E-state index contributed by atoms with van der Waals surface area (Å²) < 4.78 is 0. The van der Waals surface area contributed by atoms with Crippen LogP contribution in [0.4, 0.5) is 0 Å². The fraction of sp³-hybridized carbons (Fsp3) is 0.588. The van der Waals surface area contributed by atoms with Gasteiger partial charge >= 0.3 is 0 Å². The first-order valence-corrected chi connectivity index (χ1v) is 8.05. The third-order valence-electron chi connectivity index (χ3n) is 4.75. The highest BCUT2D eigenvalue weighted by atomic mass is 35.5. The molecule has 0 aliphatic heterocycles. The van der Waals surface area contributed by atoms with Gasteiger partial charge in [-0.3, -0.25) is 4.79 Å². The summed E-state index contributed by atoms with van der Waals surface area (Å²) in [5, 5.41) is 0.332. The Morgan fingerprint density at radius 1 is 1.35 bits per heavy atom. The average molecular weight is 292 g/mol. The van der Waals surface area contributed by atoms with Gasteiger partial charge in [0.25, 0.3) is 0 Å². The molecule has 0 bridgehead atoms. The van der Waals surface area contributed by atoms with Crippen molar-refractivity contribution in [2.75, 3.05) is 13.6 Å². The Hall–Kier alpha value is -1.02. The Labute approximate surface area is 126 Å². The molecule has 1 unspecified atom stereocenters. The van der Waals surface area contributed by atoms with E-state index in [0.717, 1.165) is 38.6 Å². The van der Waals surface area contributed by atoms with Gasteiger partial charge < -0.3 is 4.90 Å². The molecular weight excluding hydrogens is 270 g/mol. The quantitative estimate of drug-likeness (QED) is 0.780. The maximum absolute atomic E-state index is 12.7. The number of aryl methyl sites for hydroxylation is 1. The second kappa shape index (κ2) is 5.77. The van der Waals surface area contributed by atoms with Crippen LogP contribution >= 0.6 is 11.6 Å². The van der Waals surface area contributed by atoms with Gasteiger partial charge in [-0.2, -0.15) is 0 Å². The van der Waals surface area contributed by atoms with Gasteiger partial charge in [-0.25, -0.2) is 0 Å². The van der Waals surface area contributed by atoms with E-state index in [-0.39, 0.29) is 11.8 Å². The van der Waals surface area contributed by atoms with Crippen molar-refractivity contribution in [2.24, 2.45) is 5.92 Å². The van der Waals surface area contributed by atoms with E-state index < -0.39 is 0 Å². The van der Waals surface area contributed by atoms with E-state index >= 15 is 0 Å². The van der Waals surface area contributed by atoms with E-state index in [9.17, 15) is 4.79 Å². The molecule has 0 heterocycles. The third-order valence-corrected chi connectivity index (χ3v) is 5.11. The molecule has 0 radical (unpaired) electrons. The molecule has 1 atom stereocenters. The van der Waals surface area contributed by atoms with Crippen LogP contribution < -0.4 is 0 Å². The molecule has 3 heteroatoms. The van der Waals surface area contributed by atoms with E-state index in [0.29, 0.717) is 11.3 Å². The van der Waals surface area contributed by atoms with Crippen molar-refractivity contribution >= 4 is 17.5 Å². The first-order valence-electron chi connectivity index (χ1n) is 7.62. The van der Waals surface area contributed by atoms with Crippen molar-refractivity contribution in [3.05, 3.63) is 35.4 Å². The summed E-state index contributed by atoms with van der Waals surface area (Å²) in [7, 11) is 1.95. The first-order chi connectivity index (χ1) is 9.65. The lowest BCUT2D eigenvalue weighted by molar-refractivity contribution is -0.132. The fourth-order valence-electron chi connectivity index (χ4n) is 3.56. The lowest BCUT2D eigenvalue weighted by Gasteiger charge is -2.36. The van der Waals surface area contributed by atoms with Crippen LogP contribution in [0.3, 0.4) is 0 Å². The van der Waals surface area contributed by atoms with Crippen LogP contribution in [0.5, 0.6) is 0 Å².